The van der Waals surface area contributed by atoms with Gasteiger partial charge in [0.25, 0.3) is 0 Å². The molecule has 98 valence electrons. The topological polar surface area (TPSA) is 12.0 Å². The second-order valence-corrected chi connectivity index (χ2v) is 6.82. The Kier molecular flexibility index (Phi) is 3.19. The van der Waals surface area contributed by atoms with Gasteiger partial charge in [0.1, 0.15) is 0 Å². The van der Waals surface area contributed by atoms with Crippen LogP contribution in [0.3, 0.4) is 0 Å². The Balaban J connectivity index is 1.71. The molecule has 1 nitrogen and oxygen atoms in total. The quantitative estimate of drug-likeness (QED) is 0.842. The first-order valence-electron chi connectivity index (χ1n) is 7.48. The molecule has 2 aliphatic rings. The van der Waals surface area contributed by atoms with Gasteiger partial charge in [-0.3, -0.25) is 0 Å². The van der Waals surface area contributed by atoms with E-state index in [0.717, 1.165) is 12.0 Å². The molecule has 3 unspecified atom stereocenters. The summed E-state index contributed by atoms with van der Waals surface area (Å²) in [4.78, 5) is 0. The minimum absolute atomic E-state index is 0.540. The normalized spacial score (nSPS) is 34.2. The lowest BCUT2D eigenvalue weighted by molar-refractivity contribution is 0.314. The van der Waals surface area contributed by atoms with Crippen LogP contribution in [0.2, 0.25) is 0 Å². The number of rotatable bonds is 3. The Bertz CT molecular complexity index is 395. The van der Waals surface area contributed by atoms with E-state index in [1.165, 1.54) is 37.7 Å². The molecule has 0 aromatic heterocycles. The first-order chi connectivity index (χ1) is 8.67. The molecule has 1 heteroatoms. The molecule has 0 bridgehead atoms. The zero-order valence-electron chi connectivity index (χ0n) is 11.7. The van der Waals surface area contributed by atoms with Gasteiger partial charge in [-0.25, -0.2) is 0 Å². The summed E-state index contributed by atoms with van der Waals surface area (Å²) in [5.74, 6) is 0.733. The summed E-state index contributed by atoms with van der Waals surface area (Å²) in [6, 6.07) is 12.6. The van der Waals surface area contributed by atoms with Crippen molar-refractivity contribution in [3.05, 3.63) is 35.9 Å². The molecule has 1 N–H and O–H groups in total. The van der Waals surface area contributed by atoms with Gasteiger partial charge in [0.15, 0.2) is 0 Å². The number of hydrogen-bond acceptors (Lipinski definition) is 1. The summed E-state index contributed by atoms with van der Waals surface area (Å²) >= 11 is 0. The zero-order chi connectivity index (χ0) is 12.6. The van der Waals surface area contributed by atoms with Crippen molar-refractivity contribution < 1.29 is 0 Å². The lowest BCUT2D eigenvalue weighted by Gasteiger charge is -2.33. The predicted octanol–water partition coefficient (Wildman–Crippen LogP) is 4.10. The van der Waals surface area contributed by atoms with Gasteiger partial charge in [0.2, 0.25) is 0 Å². The van der Waals surface area contributed by atoms with E-state index in [1.54, 1.807) is 0 Å². The van der Waals surface area contributed by atoms with Gasteiger partial charge >= 0.3 is 0 Å². The van der Waals surface area contributed by atoms with Crippen LogP contribution in [-0.4, -0.2) is 12.1 Å². The van der Waals surface area contributed by atoms with Crippen LogP contribution in [0, 0.1) is 5.41 Å². The largest absolute Gasteiger partial charge is 0.310 e. The molecule has 3 rings (SSSR count). The van der Waals surface area contributed by atoms with Crippen molar-refractivity contribution in [1.29, 1.82) is 0 Å². The standard InChI is InChI=1S/C17H25N/c1-17(2)12-16(17)18-15-11-7-6-10-14(15)13-8-4-3-5-9-13/h3-5,8-9,14-16,18H,6-7,10-12H2,1-2H3. The van der Waals surface area contributed by atoms with E-state index in [1.807, 2.05) is 0 Å². The van der Waals surface area contributed by atoms with E-state index < -0.39 is 0 Å². The van der Waals surface area contributed by atoms with E-state index in [0.29, 0.717) is 11.5 Å². The number of benzene rings is 1. The van der Waals surface area contributed by atoms with Crippen molar-refractivity contribution in [2.45, 2.75) is 64.0 Å². The van der Waals surface area contributed by atoms with Crippen molar-refractivity contribution >= 4 is 0 Å². The van der Waals surface area contributed by atoms with E-state index in [2.05, 4.69) is 49.5 Å². The fourth-order valence-electron chi connectivity index (χ4n) is 3.44. The number of nitrogens with one attached hydrogen (secondary N) is 1. The fraction of sp³-hybridized carbons (Fsp3) is 0.647. The average molecular weight is 243 g/mol. The van der Waals surface area contributed by atoms with Crippen molar-refractivity contribution in [2.24, 2.45) is 5.41 Å². The first kappa shape index (κ1) is 12.2. The second kappa shape index (κ2) is 4.70. The van der Waals surface area contributed by atoms with Gasteiger partial charge in [0, 0.05) is 12.1 Å². The monoisotopic (exact) mass is 243 g/mol. The maximum absolute atomic E-state index is 3.93. The first-order valence-corrected chi connectivity index (χ1v) is 7.48. The highest BCUT2D eigenvalue weighted by Gasteiger charge is 2.47. The third kappa shape index (κ3) is 2.47. The smallest absolute Gasteiger partial charge is 0.0139 e. The molecular formula is C17H25N. The van der Waals surface area contributed by atoms with Gasteiger partial charge in [0.05, 0.1) is 0 Å². The van der Waals surface area contributed by atoms with Crippen molar-refractivity contribution in [3.63, 3.8) is 0 Å². The Hall–Kier alpha value is -0.820. The fourth-order valence-corrected chi connectivity index (χ4v) is 3.44. The predicted molar refractivity (Wildman–Crippen MR) is 76.8 cm³/mol. The molecule has 1 aromatic rings. The Morgan fingerprint density at radius 3 is 2.39 bits per heavy atom. The Morgan fingerprint density at radius 1 is 1.06 bits per heavy atom. The summed E-state index contributed by atoms with van der Waals surface area (Å²) in [6.45, 7) is 4.76. The van der Waals surface area contributed by atoms with Gasteiger partial charge < -0.3 is 5.32 Å². The third-order valence-electron chi connectivity index (χ3n) is 4.92. The van der Waals surface area contributed by atoms with Crippen molar-refractivity contribution in [2.75, 3.05) is 0 Å². The van der Waals surface area contributed by atoms with Crippen LogP contribution in [0.15, 0.2) is 30.3 Å². The summed E-state index contributed by atoms with van der Waals surface area (Å²) < 4.78 is 0. The van der Waals surface area contributed by atoms with Crippen LogP contribution in [0.25, 0.3) is 0 Å². The summed E-state index contributed by atoms with van der Waals surface area (Å²) in [7, 11) is 0. The van der Waals surface area contributed by atoms with Gasteiger partial charge in [-0.1, -0.05) is 57.0 Å². The molecule has 0 aliphatic heterocycles. The molecule has 2 aliphatic carbocycles. The Morgan fingerprint density at radius 2 is 1.72 bits per heavy atom. The lowest BCUT2D eigenvalue weighted by Crippen LogP contribution is -2.39. The van der Waals surface area contributed by atoms with Crippen LogP contribution < -0.4 is 5.32 Å². The highest BCUT2D eigenvalue weighted by molar-refractivity contribution is 5.22. The lowest BCUT2D eigenvalue weighted by atomic mass is 9.80. The molecule has 0 heterocycles. The SMILES string of the molecule is CC1(C)CC1NC1CCCCC1c1ccccc1. The van der Waals surface area contributed by atoms with Gasteiger partial charge in [-0.15, -0.1) is 0 Å². The summed E-state index contributed by atoms with van der Waals surface area (Å²) in [5.41, 5.74) is 2.08. The second-order valence-electron chi connectivity index (χ2n) is 6.82. The molecule has 0 radical (unpaired) electrons. The average Bonchev–Trinajstić information content (AvgIpc) is 2.98. The summed E-state index contributed by atoms with van der Waals surface area (Å²) in [6.07, 6.45) is 6.85. The van der Waals surface area contributed by atoms with Crippen molar-refractivity contribution in [3.8, 4) is 0 Å². The van der Waals surface area contributed by atoms with Crippen LogP contribution in [0.1, 0.15) is 57.4 Å². The minimum Gasteiger partial charge on any atom is -0.310 e. The van der Waals surface area contributed by atoms with Crippen molar-refractivity contribution in [1.82, 2.24) is 5.32 Å². The third-order valence-corrected chi connectivity index (χ3v) is 4.92. The maximum Gasteiger partial charge on any atom is 0.0139 e. The van der Waals surface area contributed by atoms with E-state index in [4.69, 9.17) is 0 Å². The highest BCUT2D eigenvalue weighted by atomic mass is 15.0. The molecule has 2 saturated carbocycles. The molecular weight excluding hydrogens is 218 g/mol. The molecule has 3 atom stereocenters. The van der Waals surface area contributed by atoms with Gasteiger partial charge in [-0.05, 0) is 36.2 Å². The van der Waals surface area contributed by atoms with Crippen LogP contribution in [-0.2, 0) is 0 Å². The van der Waals surface area contributed by atoms with E-state index in [-0.39, 0.29) is 0 Å². The van der Waals surface area contributed by atoms with E-state index >= 15 is 0 Å². The molecule has 0 amide bonds. The molecule has 2 fully saturated rings. The molecule has 0 spiro atoms. The van der Waals surface area contributed by atoms with Crippen LogP contribution >= 0.6 is 0 Å². The Labute approximate surface area is 111 Å². The molecule has 18 heavy (non-hydrogen) atoms. The van der Waals surface area contributed by atoms with Crippen LogP contribution in [0.4, 0.5) is 0 Å². The zero-order valence-corrected chi connectivity index (χ0v) is 11.7. The maximum atomic E-state index is 3.93. The minimum atomic E-state index is 0.540. The molecule has 1 aromatic carbocycles. The summed E-state index contributed by atoms with van der Waals surface area (Å²) in [5, 5.41) is 3.93. The highest BCUT2D eigenvalue weighted by Crippen LogP contribution is 2.46. The number of hydrogen-bond donors (Lipinski definition) is 1. The molecule has 0 saturated heterocycles. The van der Waals surface area contributed by atoms with Crippen LogP contribution in [0.5, 0.6) is 0 Å². The van der Waals surface area contributed by atoms with Gasteiger partial charge in [-0.2, -0.15) is 0 Å². The van der Waals surface area contributed by atoms with E-state index in [9.17, 15) is 0 Å².